The molecule has 0 fully saturated rings. The van der Waals surface area contributed by atoms with Gasteiger partial charge in [0.05, 0.1) is 23.9 Å². The zero-order valence-electron chi connectivity index (χ0n) is 12.8. The third kappa shape index (κ3) is 3.49. The molecule has 1 aromatic heterocycles. The number of carbonyl (C=O) groups excluding carboxylic acids is 2. The summed E-state index contributed by atoms with van der Waals surface area (Å²) in [5, 5.41) is 0. The lowest BCUT2D eigenvalue weighted by molar-refractivity contribution is 0.0600. The topological polar surface area (TPSA) is 65.5 Å². The van der Waals surface area contributed by atoms with E-state index >= 15 is 0 Å². The fourth-order valence-corrected chi connectivity index (χ4v) is 1.99. The Hall–Kier alpha value is -2.69. The van der Waals surface area contributed by atoms with E-state index in [1.54, 1.807) is 18.3 Å². The van der Waals surface area contributed by atoms with Gasteiger partial charge >= 0.3 is 5.97 Å². The molecule has 114 valence electrons. The molecule has 2 rings (SSSR count). The summed E-state index contributed by atoms with van der Waals surface area (Å²) in [6, 6.07) is 8.44. The molecule has 5 nitrogen and oxygen atoms in total. The molecule has 1 aromatic carbocycles. The Kier molecular flexibility index (Phi) is 4.88. The zero-order valence-corrected chi connectivity index (χ0v) is 12.8. The smallest absolute Gasteiger partial charge is 0.337 e. The molecule has 22 heavy (non-hydrogen) atoms. The molecule has 0 N–H and O–H groups in total. The number of methoxy groups -OCH3 is 1. The Balaban J connectivity index is 2.25. The first-order valence-corrected chi connectivity index (χ1v) is 6.79. The molecule has 0 saturated heterocycles. The number of benzene rings is 1. The van der Waals surface area contributed by atoms with Crippen molar-refractivity contribution in [3.05, 3.63) is 58.9 Å². The van der Waals surface area contributed by atoms with E-state index < -0.39 is 5.97 Å². The minimum absolute atomic E-state index is 0.182. The molecule has 0 aliphatic rings. The second-order valence-corrected chi connectivity index (χ2v) is 4.81. The van der Waals surface area contributed by atoms with Crippen molar-refractivity contribution >= 4 is 11.8 Å². The third-order valence-corrected chi connectivity index (χ3v) is 3.26. The first-order valence-electron chi connectivity index (χ1n) is 6.79. The van der Waals surface area contributed by atoms with Gasteiger partial charge in [0.25, 0.3) is 0 Å². The van der Waals surface area contributed by atoms with Gasteiger partial charge in [0.1, 0.15) is 12.4 Å². The normalized spacial score (nSPS) is 10.1. The Morgan fingerprint density at radius 3 is 2.64 bits per heavy atom. The summed E-state index contributed by atoms with van der Waals surface area (Å²) in [6.45, 7) is 3.62. The van der Waals surface area contributed by atoms with Crippen LogP contribution in [-0.4, -0.2) is 23.8 Å². The monoisotopic (exact) mass is 299 g/mol. The number of rotatable bonds is 5. The first-order chi connectivity index (χ1) is 10.5. The Bertz CT molecular complexity index is 710. The van der Waals surface area contributed by atoms with E-state index in [0.717, 1.165) is 11.3 Å². The first kappa shape index (κ1) is 15.7. The number of hydrogen-bond acceptors (Lipinski definition) is 5. The highest BCUT2D eigenvalue weighted by molar-refractivity contribution is 6.00. The molecule has 0 aliphatic heterocycles. The molecule has 0 aliphatic carbocycles. The van der Waals surface area contributed by atoms with Gasteiger partial charge in [0.2, 0.25) is 0 Å². The van der Waals surface area contributed by atoms with Crippen LogP contribution in [0.2, 0.25) is 0 Å². The Labute approximate surface area is 128 Å². The van der Waals surface area contributed by atoms with Crippen LogP contribution >= 0.6 is 0 Å². The van der Waals surface area contributed by atoms with Crippen LogP contribution in [0.5, 0.6) is 5.75 Å². The van der Waals surface area contributed by atoms with Gasteiger partial charge in [0, 0.05) is 6.20 Å². The summed E-state index contributed by atoms with van der Waals surface area (Å²) in [5.74, 6) is -0.252. The van der Waals surface area contributed by atoms with Crippen LogP contribution in [0.3, 0.4) is 0 Å². The molecule has 0 atom stereocenters. The lowest BCUT2D eigenvalue weighted by Crippen LogP contribution is -2.07. The number of pyridine rings is 1. The molecule has 0 bridgehead atoms. The predicted octanol–water partition coefficient (Wildman–Crippen LogP) is 2.96. The average molecular weight is 299 g/mol. The molecule has 0 amide bonds. The van der Waals surface area contributed by atoms with Crippen molar-refractivity contribution in [2.45, 2.75) is 20.5 Å². The van der Waals surface area contributed by atoms with Crippen molar-refractivity contribution in [3.8, 4) is 5.75 Å². The number of aromatic nitrogens is 1. The van der Waals surface area contributed by atoms with Crippen molar-refractivity contribution in [1.82, 2.24) is 4.98 Å². The number of aryl methyl sites for hydroxylation is 1. The second-order valence-electron chi connectivity index (χ2n) is 4.81. The van der Waals surface area contributed by atoms with Gasteiger partial charge in [-0.15, -0.1) is 0 Å². The van der Waals surface area contributed by atoms with Crippen molar-refractivity contribution in [1.29, 1.82) is 0 Å². The third-order valence-electron chi connectivity index (χ3n) is 3.26. The van der Waals surface area contributed by atoms with Crippen molar-refractivity contribution in [2.75, 3.05) is 7.11 Å². The van der Waals surface area contributed by atoms with Crippen LogP contribution in [0.1, 0.15) is 38.9 Å². The maximum absolute atomic E-state index is 11.8. The van der Waals surface area contributed by atoms with Crippen LogP contribution in [0.25, 0.3) is 0 Å². The highest BCUT2D eigenvalue weighted by Crippen LogP contribution is 2.22. The van der Waals surface area contributed by atoms with Crippen LogP contribution in [0.15, 0.2) is 36.5 Å². The Morgan fingerprint density at radius 2 is 2.00 bits per heavy atom. The van der Waals surface area contributed by atoms with Gasteiger partial charge in [0.15, 0.2) is 5.78 Å². The Morgan fingerprint density at radius 1 is 1.23 bits per heavy atom. The molecular weight excluding hydrogens is 282 g/mol. The van der Waals surface area contributed by atoms with Gasteiger partial charge in [-0.05, 0) is 43.7 Å². The standard InChI is InChI=1S/C17H17NO4/c1-11-5-4-8-18-15(11)10-22-16-7-6-13(17(20)21-3)9-14(16)12(2)19/h4-9H,10H2,1-3H3. The second kappa shape index (κ2) is 6.85. The number of nitrogens with zero attached hydrogens (tertiary/aromatic N) is 1. The molecule has 1 heterocycles. The number of hydrogen-bond donors (Lipinski definition) is 0. The van der Waals surface area contributed by atoms with Crippen molar-refractivity contribution < 1.29 is 19.1 Å². The number of ether oxygens (including phenoxy) is 2. The molecule has 0 unspecified atom stereocenters. The van der Waals surface area contributed by atoms with E-state index in [2.05, 4.69) is 9.72 Å². The SMILES string of the molecule is COC(=O)c1ccc(OCc2ncccc2C)c(C(C)=O)c1. The fourth-order valence-electron chi connectivity index (χ4n) is 1.99. The van der Waals surface area contributed by atoms with Crippen LogP contribution < -0.4 is 4.74 Å². The van der Waals surface area contributed by atoms with Gasteiger partial charge in [-0.25, -0.2) is 4.79 Å². The van der Waals surface area contributed by atoms with E-state index in [4.69, 9.17) is 4.74 Å². The van der Waals surface area contributed by atoms with E-state index in [-0.39, 0.29) is 12.4 Å². The molecule has 0 spiro atoms. The lowest BCUT2D eigenvalue weighted by atomic mass is 10.1. The maximum atomic E-state index is 11.8. The zero-order chi connectivity index (χ0) is 16.1. The highest BCUT2D eigenvalue weighted by atomic mass is 16.5. The van der Waals surface area contributed by atoms with Crippen molar-refractivity contribution in [3.63, 3.8) is 0 Å². The average Bonchev–Trinajstić information content (AvgIpc) is 2.53. The molecule has 0 saturated carbocycles. The summed E-state index contributed by atoms with van der Waals surface area (Å²) < 4.78 is 10.4. The number of carbonyl (C=O) groups is 2. The maximum Gasteiger partial charge on any atom is 0.337 e. The quantitative estimate of drug-likeness (QED) is 0.627. The number of ketones is 1. The summed E-state index contributed by atoms with van der Waals surface area (Å²) in [6.07, 6.45) is 1.69. The minimum Gasteiger partial charge on any atom is -0.487 e. The van der Waals surface area contributed by atoms with Gasteiger partial charge < -0.3 is 9.47 Å². The summed E-state index contributed by atoms with van der Waals surface area (Å²) in [5.41, 5.74) is 2.47. The van der Waals surface area contributed by atoms with Crippen molar-refractivity contribution in [2.24, 2.45) is 0 Å². The lowest BCUT2D eigenvalue weighted by Gasteiger charge is -2.11. The number of Topliss-reactive ketones (excluding diaryl/α,β-unsaturated/α-hetero) is 1. The van der Waals surface area contributed by atoms with E-state index in [1.165, 1.54) is 20.1 Å². The van der Waals surface area contributed by atoms with E-state index in [9.17, 15) is 9.59 Å². The van der Waals surface area contributed by atoms with E-state index in [0.29, 0.717) is 16.9 Å². The summed E-state index contributed by atoms with van der Waals surface area (Å²) >= 11 is 0. The number of esters is 1. The highest BCUT2D eigenvalue weighted by Gasteiger charge is 2.14. The van der Waals surface area contributed by atoms with Gasteiger partial charge in [-0.3, -0.25) is 9.78 Å². The molecule has 2 aromatic rings. The van der Waals surface area contributed by atoms with Gasteiger partial charge in [-0.2, -0.15) is 0 Å². The van der Waals surface area contributed by atoms with Crippen LogP contribution in [0.4, 0.5) is 0 Å². The predicted molar refractivity (Wildman–Crippen MR) is 81.1 cm³/mol. The largest absolute Gasteiger partial charge is 0.487 e. The molecular formula is C17H17NO4. The summed E-state index contributed by atoms with van der Waals surface area (Å²) in [4.78, 5) is 27.5. The minimum atomic E-state index is -0.491. The van der Waals surface area contributed by atoms with Crippen LogP contribution in [0, 0.1) is 6.92 Å². The van der Waals surface area contributed by atoms with E-state index in [1.807, 2.05) is 19.1 Å². The fraction of sp³-hybridized carbons (Fsp3) is 0.235. The van der Waals surface area contributed by atoms with Crippen LogP contribution in [-0.2, 0) is 11.3 Å². The van der Waals surface area contributed by atoms with Gasteiger partial charge in [-0.1, -0.05) is 6.07 Å². The molecule has 5 heteroatoms. The molecule has 0 radical (unpaired) electrons. The summed E-state index contributed by atoms with van der Waals surface area (Å²) in [7, 11) is 1.30.